The molecule has 0 saturated carbocycles. The van der Waals surface area contributed by atoms with E-state index >= 15 is 0 Å². The minimum atomic E-state index is -1.21. The molecule has 1 aromatic heterocycles. The molecule has 1 aromatic carbocycles. The molecule has 0 fully saturated rings. The summed E-state index contributed by atoms with van der Waals surface area (Å²) in [6, 6.07) is 3.71. The number of benzene rings is 1. The summed E-state index contributed by atoms with van der Waals surface area (Å²) in [7, 11) is 0. The van der Waals surface area contributed by atoms with Gasteiger partial charge in [0.1, 0.15) is 11.5 Å². The zero-order valence-electron chi connectivity index (χ0n) is 19.2. The number of phenols is 1. The molecule has 2 aromatic rings. The summed E-state index contributed by atoms with van der Waals surface area (Å²) in [4.78, 5) is 37.1. The van der Waals surface area contributed by atoms with E-state index in [1.807, 2.05) is 6.07 Å². The van der Waals surface area contributed by atoms with Crippen molar-refractivity contribution in [3.8, 4) is 11.5 Å². The van der Waals surface area contributed by atoms with Crippen molar-refractivity contribution < 1.29 is 19.0 Å². The number of unbranched alkanes of at least 4 members (excludes halogenated alkanes) is 2. The SMILES string of the molecule is CCCCCc1cc(O)c(C2C=C(C)CCC2)c(OCCC(=O)n2cc(F)c(=O)[nH]c2=O)c1. The minimum absolute atomic E-state index is 0.0186. The van der Waals surface area contributed by atoms with Crippen LogP contribution in [0.2, 0.25) is 0 Å². The standard InChI is InChI=1S/C25H31FN2O5/c1-3-4-5-8-17-13-20(29)23(18-9-6-7-16(2)12-18)21(14-17)33-11-10-22(30)28-15-19(26)24(31)27-25(28)32/h12-15,18,29H,3-11H2,1-2H3,(H,27,31,32). The second-order valence-corrected chi connectivity index (χ2v) is 8.59. The van der Waals surface area contributed by atoms with Crippen molar-refractivity contribution in [2.45, 2.75) is 71.1 Å². The van der Waals surface area contributed by atoms with E-state index in [0.717, 1.165) is 50.5 Å². The number of aromatic nitrogens is 2. The third-order valence-electron chi connectivity index (χ3n) is 5.93. The van der Waals surface area contributed by atoms with Crippen LogP contribution in [-0.2, 0) is 6.42 Å². The Balaban J connectivity index is 1.81. The van der Waals surface area contributed by atoms with E-state index in [9.17, 15) is 23.9 Å². The van der Waals surface area contributed by atoms with Crippen molar-refractivity contribution in [1.82, 2.24) is 9.55 Å². The van der Waals surface area contributed by atoms with Crippen LogP contribution in [-0.4, -0.2) is 27.2 Å². The van der Waals surface area contributed by atoms with Crippen molar-refractivity contribution in [1.29, 1.82) is 0 Å². The number of hydrogen-bond acceptors (Lipinski definition) is 5. The molecule has 1 aliphatic carbocycles. The van der Waals surface area contributed by atoms with Crippen LogP contribution in [0.4, 0.5) is 4.39 Å². The first kappa shape index (κ1) is 24.5. The van der Waals surface area contributed by atoms with Gasteiger partial charge in [-0.2, -0.15) is 4.39 Å². The van der Waals surface area contributed by atoms with E-state index in [1.165, 1.54) is 5.57 Å². The first-order chi connectivity index (χ1) is 15.8. The number of aromatic hydroxyl groups is 1. The molecule has 8 heteroatoms. The number of rotatable bonds is 9. The second kappa shape index (κ2) is 11.1. The molecule has 7 nitrogen and oxygen atoms in total. The zero-order chi connectivity index (χ0) is 24.0. The Morgan fingerprint density at radius 2 is 2.09 bits per heavy atom. The third-order valence-corrected chi connectivity index (χ3v) is 5.93. The lowest BCUT2D eigenvalue weighted by atomic mass is 9.84. The van der Waals surface area contributed by atoms with Crippen LogP contribution in [0.3, 0.4) is 0 Å². The fraction of sp³-hybridized carbons (Fsp3) is 0.480. The number of ether oxygens (including phenoxy) is 1. The summed E-state index contributed by atoms with van der Waals surface area (Å²) in [5, 5.41) is 10.8. The van der Waals surface area contributed by atoms with Gasteiger partial charge in [0, 0.05) is 11.5 Å². The molecule has 0 radical (unpaired) electrons. The first-order valence-electron chi connectivity index (χ1n) is 11.5. The van der Waals surface area contributed by atoms with Gasteiger partial charge in [0.15, 0.2) is 0 Å². The molecule has 2 N–H and O–H groups in total. The van der Waals surface area contributed by atoms with Crippen LogP contribution in [0.5, 0.6) is 11.5 Å². The normalized spacial score (nSPS) is 15.8. The number of aromatic amines is 1. The van der Waals surface area contributed by atoms with E-state index in [4.69, 9.17) is 4.74 Å². The molecule has 1 heterocycles. The summed E-state index contributed by atoms with van der Waals surface area (Å²) in [5.74, 6) is -1.20. The average Bonchev–Trinajstić information content (AvgIpc) is 2.76. The van der Waals surface area contributed by atoms with Crippen LogP contribution in [0, 0.1) is 5.82 Å². The Hall–Kier alpha value is -3.16. The van der Waals surface area contributed by atoms with Crippen molar-refractivity contribution in [3.63, 3.8) is 0 Å². The van der Waals surface area contributed by atoms with Crippen LogP contribution in [0.15, 0.2) is 39.6 Å². The number of nitrogens with one attached hydrogen (secondary N) is 1. The molecule has 0 aliphatic heterocycles. The number of carbonyl (C=O) groups excluding carboxylic acids is 1. The lowest BCUT2D eigenvalue weighted by Crippen LogP contribution is -2.35. The summed E-state index contributed by atoms with van der Waals surface area (Å²) in [6.07, 6.45) is 9.45. The molecule has 0 saturated heterocycles. The highest BCUT2D eigenvalue weighted by Crippen LogP contribution is 2.42. The lowest BCUT2D eigenvalue weighted by molar-refractivity contribution is 0.0872. The molecule has 33 heavy (non-hydrogen) atoms. The fourth-order valence-corrected chi connectivity index (χ4v) is 4.22. The maximum atomic E-state index is 13.5. The molecular weight excluding hydrogens is 427 g/mol. The molecule has 0 amide bonds. The third kappa shape index (κ3) is 6.21. The largest absolute Gasteiger partial charge is 0.507 e. The number of halogens is 1. The van der Waals surface area contributed by atoms with Gasteiger partial charge in [-0.25, -0.2) is 9.36 Å². The Morgan fingerprint density at radius 1 is 1.30 bits per heavy atom. The smallest absolute Gasteiger partial charge is 0.335 e. The predicted octanol–water partition coefficient (Wildman–Crippen LogP) is 4.44. The highest BCUT2D eigenvalue weighted by molar-refractivity contribution is 5.78. The van der Waals surface area contributed by atoms with E-state index in [2.05, 4.69) is 19.9 Å². The Labute approximate surface area is 191 Å². The van der Waals surface area contributed by atoms with Gasteiger partial charge in [-0.15, -0.1) is 0 Å². The molecule has 3 rings (SSSR count). The quantitative estimate of drug-likeness (QED) is 0.427. The number of aryl methyl sites for hydroxylation is 1. The number of phenolic OH excluding ortho intramolecular Hbond substituents is 1. The van der Waals surface area contributed by atoms with Gasteiger partial charge >= 0.3 is 5.69 Å². The summed E-state index contributed by atoms with van der Waals surface area (Å²) in [6.45, 7) is 4.14. The molecule has 0 bridgehead atoms. The molecule has 1 unspecified atom stereocenters. The molecule has 178 valence electrons. The Morgan fingerprint density at radius 3 is 2.82 bits per heavy atom. The van der Waals surface area contributed by atoms with Gasteiger partial charge < -0.3 is 9.84 Å². The van der Waals surface area contributed by atoms with Crippen molar-refractivity contribution >= 4 is 5.91 Å². The van der Waals surface area contributed by atoms with Crippen LogP contribution < -0.4 is 16.0 Å². The van der Waals surface area contributed by atoms with Crippen LogP contribution in [0.1, 0.15) is 80.6 Å². The maximum absolute atomic E-state index is 13.5. The molecular formula is C25H31FN2O5. The first-order valence-corrected chi connectivity index (χ1v) is 11.5. The Bertz CT molecular complexity index is 1150. The Kier molecular flexibility index (Phi) is 8.25. The van der Waals surface area contributed by atoms with Gasteiger partial charge in [0.05, 0.1) is 19.2 Å². The number of carbonyl (C=O) groups is 1. The number of nitrogens with zero attached hydrogens (tertiary/aromatic N) is 1. The topological polar surface area (TPSA) is 101 Å². The van der Waals surface area contributed by atoms with Crippen molar-refractivity contribution in [2.75, 3.05) is 6.61 Å². The lowest BCUT2D eigenvalue weighted by Gasteiger charge is -2.24. The van der Waals surface area contributed by atoms with E-state index in [-0.39, 0.29) is 24.7 Å². The van der Waals surface area contributed by atoms with E-state index in [1.54, 1.807) is 11.1 Å². The van der Waals surface area contributed by atoms with Gasteiger partial charge in [-0.05, 0) is 56.7 Å². The van der Waals surface area contributed by atoms with Crippen molar-refractivity contribution in [2.24, 2.45) is 0 Å². The average molecular weight is 459 g/mol. The summed E-state index contributed by atoms with van der Waals surface area (Å²) in [5.41, 5.74) is 0.759. The number of hydrogen-bond donors (Lipinski definition) is 2. The van der Waals surface area contributed by atoms with Crippen molar-refractivity contribution in [3.05, 3.63) is 67.8 Å². The second-order valence-electron chi connectivity index (χ2n) is 8.59. The minimum Gasteiger partial charge on any atom is -0.507 e. The zero-order valence-corrected chi connectivity index (χ0v) is 19.2. The predicted molar refractivity (Wildman–Crippen MR) is 124 cm³/mol. The van der Waals surface area contributed by atoms with Gasteiger partial charge in [-0.1, -0.05) is 31.4 Å². The van der Waals surface area contributed by atoms with Gasteiger partial charge in [0.25, 0.3) is 5.56 Å². The molecule has 1 atom stereocenters. The number of allylic oxidation sites excluding steroid dienone is 2. The monoisotopic (exact) mass is 458 g/mol. The van der Waals surface area contributed by atoms with E-state index in [0.29, 0.717) is 22.1 Å². The van der Waals surface area contributed by atoms with Crippen LogP contribution >= 0.6 is 0 Å². The maximum Gasteiger partial charge on any atom is 0.335 e. The molecule has 1 aliphatic rings. The van der Waals surface area contributed by atoms with Gasteiger partial charge in [-0.3, -0.25) is 14.6 Å². The summed E-state index contributed by atoms with van der Waals surface area (Å²) >= 11 is 0. The number of H-pyrrole nitrogens is 1. The van der Waals surface area contributed by atoms with Crippen LogP contribution in [0.25, 0.3) is 0 Å². The highest BCUT2D eigenvalue weighted by Gasteiger charge is 2.23. The molecule has 0 spiro atoms. The summed E-state index contributed by atoms with van der Waals surface area (Å²) < 4.78 is 20.0. The highest BCUT2D eigenvalue weighted by atomic mass is 19.1. The van der Waals surface area contributed by atoms with Gasteiger partial charge in [0.2, 0.25) is 11.7 Å². The van der Waals surface area contributed by atoms with E-state index < -0.39 is 23.0 Å². The fourth-order valence-electron chi connectivity index (χ4n) is 4.22.